The summed E-state index contributed by atoms with van der Waals surface area (Å²) in [6.07, 6.45) is 0.455. The number of methoxy groups -OCH3 is 1. The van der Waals surface area contributed by atoms with Gasteiger partial charge in [-0.1, -0.05) is 12.1 Å². The van der Waals surface area contributed by atoms with Gasteiger partial charge in [-0.25, -0.2) is 9.48 Å². The first kappa shape index (κ1) is 13.1. The fourth-order valence-corrected chi connectivity index (χ4v) is 2.10. The zero-order chi connectivity index (χ0) is 14.2. The van der Waals surface area contributed by atoms with Crippen LogP contribution in [0.1, 0.15) is 28.7 Å². The zero-order valence-corrected chi connectivity index (χ0v) is 11.2. The molecule has 0 atom stereocenters. The molecule has 7 heteroatoms. The van der Waals surface area contributed by atoms with Crippen LogP contribution < -0.4 is 4.74 Å². The highest BCUT2D eigenvalue weighted by atomic mass is 16.5. The highest BCUT2D eigenvalue weighted by Crippen LogP contribution is 2.35. The quantitative estimate of drug-likeness (QED) is 0.903. The molecule has 19 heavy (non-hydrogen) atoms. The maximum Gasteiger partial charge on any atom is 0.341 e. The standard InChI is InChI=1S/C12H15N3O4/c1-5-7-9(12(16)17)10(14-19-7)8-6(2)13-15(3)11(8)18-4/h5H2,1-4H3,(H,16,17). The molecule has 0 saturated heterocycles. The van der Waals surface area contributed by atoms with Crippen molar-refractivity contribution >= 4 is 5.97 Å². The van der Waals surface area contributed by atoms with E-state index in [2.05, 4.69) is 10.3 Å². The van der Waals surface area contributed by atoms with Crippen molar-refractivity contribution in [3.05, 3.63) is 17.0 Å². The number of aromatic carboxylic acids is 1. The predicted molar refractivity (Wildman–Crippen MR) is 66.3 cm³/mol. The fraction of sp³-hybridized carbons (Fsp3) is 0.417. The summed E-state index contributed by atoms with van der Waals surface area (Å²) in [5.41, 5.74) is 1.51. The van der Waals surface area contributed by atoms with Gasteiger partial charge in [0.15, 0.2) is 5.76 Å². The lowest BCUT2D eigenvalue weighted by atomic mass is 10.1. The molecule has 0 aliphatic heterocycles. The molecule has 0 spiro atoms. The van der Waals surface area contributed by atoms with E-state index in [0.29, 0.717) is 29.3 Å². The molecule has 0 radical (unpaired) electrons. The van der Waals surface area contributed by atoms with Gasteiger partial charge in [-0.3, -0.25) is 0 Å². The number of ether oxygens (including phenoxy) is 1. The molecule has 0 unspecified atom stereocenters. The predicted octanol–water partition coefficient (Wildman–Crippen LogP) is 1.65. The minimum Gasteiger partial charge on any atom is -0.481 e. The van der Waals surface area contributed by atoms with Gasteiger partial charge in [-0.2, -0.15) is 5.10 Å². The van der Waals surface area contributed by atoms with E-state index in [-0.39, 0.29) is 11.3 Å². The monoisotopic (exact) mass is 265 g/mol. The van der Waals surface area contributed by atoms with E-state index in [4.69, 9.17) is 9.26 Å². The second kappa shape index (κ2) is 4.75. The van der Waals surface area contributed by atoms with Crippen LogP contribution in [0.2, 0.25) is 0 Å². The third kappa shape index (κ3) is 1.96. The van der Waals surface area contributed by atoms with Crippen LogP contribution in [0.3, 0.4) is 0 Å². The zero-order valence-electron chi connectivity index (χ0n) is 11.2. The molecule has 0 amide bonds. The van der Waals surface area contributed by atoms with Gasteiger partial charge in [-0.15, -0.1) is 0 Å². The first-order chi connectivity index (χ1) is 9.01. The number of nitrogens with zero attached hydrogens (tertiary/aromatic N) is 3. The second-order valence-electron chi connectivity index (χ2n) is 4.08. The van der Waals surface area contributed by atoms with Gasteiger partial charge in [0.2, 0.25) is 5.88 Å². The Morgan fingerprint density at radius 1 is 1.53 bits per heavy atom. The maximum absolute atomic E-state index is 11.4. The number of carboxylic acids is 1. The summed E-state index contributed by atoms with van der Waals surface area (Å²) >= 11 is 0. The molecule has 0 bridgehead atoms. The second-order valence-corrected chi connectivity index (χ2v) is 4.08. The fourth-order valence-electron chi connectivity index (χ4n) is 2.10. The van der Waals surface area contributed by atoms with Crippen LogP contribution in [0.4, 0.5) is 0 Å². The number of rotatable bonds is 4. The Morgan fingerprint density at radius 3 is 2.74 bits per heavy atom. The van der Waals surface area contributed by atoms with E-state index in [1.807, 2.05) is 6.92 Å². The number of aromatic nitrogens is 3. The number of carbonyl (C=O) groups is 1. The SMILES string of the molecule is CCc1onc(-c2c(C)nn(C)c2OC)c1C(=O)O. The van der Waals surface area contributed by atoms with Gasteiger partial charge in [-0.05, 0) is 6.92 Å². The molecule has 102 valence electrons. The summed E-state index contributed by atoms with van der Waals surface area (Å²) in [5.74, 6) is -0.276. The molecule has 0 aromatic carbocycles. The number of hydrogen-bond donors (Lipinski definition) is 1. The molecule has 0 aliphatic rings. The Kier molecular flexibility index (Phi) is 3.28. The topological polar surface area (TPSA) is 90.4 Å². The van der Waals surface area contributed by atoms with Crippen molar-refractivity contribution in [1.29, 1.82) is 0 Å². The molecule has 1 N–H and O–H groups in total. The lowest BCUT2D eigenvalue weighted by Crippen LogP contribution is -2.02. The van der Waals surface area contributed by atoms with Gasteiger partial charge in [0.1, 0.15) is 11.3 Å². The average Bonchev–Trinajstić information content (AvgIpc) is 2.88. The molecule has 2 heterocycles. The van der Waals surface area contributed by atoms with Crippen LogP contribution in [-0.4, -0.2) is 33.1 Å². The van der Waals surface area contributed by atoms with E-state index in [0.717, 1.165) is 0 Å². The molecular formula is C12H15N3O4. The van der Waals surface area contributed by atoms with E-state index < -0.39 is 5.97 Å². The summed E-state index contributed by atoms with van der Waals surface area (Å²) in [6.45, 7) is 3.58. The van der Waals surface area contributed by atoms with Crippen molar-refractivity contribution in [2.45, 2.75) is 20.3 Å². The third-order valence-corrected chi connectivity index (χ3v) is 2.90. The molecule has 0 fully saturated rings. The summed E-state index contributed by atoms with van der Waals surface area (Å²) in [4.78, 5) is 11.4. The lowest BCUT2D eigenvalue weighted by molar-refractivity contribution is 0.0695. The van der Waals surface area contributed by atoms with Crippen LogP contribution in [0.25, 0.3) is 11.3 Å². The van der Waals surface area contributed by atoms with E-state index in [9.17, 15) is 9.90 Å². The molecule has 0 aliphatic carbocycles. The highest BCUT2D eigenvalue weighted by molar-refractivity contribution is 5.96. The highest BCUT2D eigenvalue weighted by Gasteiger charge is 2.28. The molecule has 2 aromatic heterocycles. The first-order valence-electron chi connectivity index (χ1n) is 5.81. The first-order valence-corrected chi connectivity index (χ1v) is 5.81. The average molecular weight is 265 g/mol. The van der Waals surface area contributed by atoms with Crippen LogP contribution in [-0.2, 0) is 13.5 Å². The van der Waals surface area contributed by atoms with Gasteiger partial charge >= 0.3 is 5.97 Å². The van der Waals surface area contributed by atoms with Gasteiger partial charge in [0, 0.05) is 13.5 Å². The van der Waals surface area contributed by atoms with Crippen molar-refractivity contribution in [3.8, 4) is 17.1 Å². The van der Waals surface area contributed by atoms with Crippen LogP contribution >= 0.6 is 0 Å². The minimum atomic E-state index is -1.07. The third-order valence-electron chi connectivity index (χ3n) is 2.90. The van der Waals surface area contributed by atoms with Crippen LogP contribution in [0.15, 0.2) is 4.52 Å². The molecular weight excluding hydrogens is 250 g/mol. The van der Waals surface area contributed by atoms with E-state index in [1.165, 1.54) is 11.8 Å². The maximum atomic E-state index is 11.4. The Hall–Kier alpha value is -2.31. The van der Waals surface area contributed by atoms with Crippen molar-refractivity contribution < 1.29 is 19.2 Å². The van der Waals surface area contributed by atoms with Gasteiger partial charge < -0.3 is 14.4 Å². The van der Waals surface area contributed by atoms with Crippen molar-refractivity contribution in [1.82, 2.24) is 14.9 Å². The smallest absolute Gasteiger partial charge is 0.341 e. The van der Waals surface area contributed by atoms with E-state index >= 15 is 0 Å². The number of hydrogen-bond acceptors (Lipinski definition) is 5. The number of aryl methyl sites for hydroxylation is 3. The molecule has 2 aromatic rings. The largest absolute Gasteiger partial charge is 0.481 e. The Morgan fingerprint density at radius 2 is 2.21 bits per heavy atom. The van der Waals surface area contributed by atoms with Gasteiger partial charge in [0.05, 0.1) is 18.4 Å². The minimum absolute atomic E-state index is 0.0666. The summed E-state index contributed by atoms with van der Waals surface area (Å²) in [7, 11) is 3.22. The molecule has 0 saturated carbocycles. The normalized spacial score (nSPS) is 10.7. The Bertz CT molecular complexity index is 627. The Labute approximate surface area is 109 Å². The summed E-state index contributed by atoms with van der Waals surface area (Å²) in [6, 6.07) is 0. The van der Waals surface area contributed by atoms with Crippen molar-refractivity contribution in [2.24, 2.45) is 7.05 Å². The van der Waals surface area contributed by atoms with Crippen molar-refractivity contribution in [2.75, 3.05) is 7.11 Å². The molecule has 7 nitrogen and oxygen atoms in total. The lowest BCUT2D eigenvalue weighted by Gasteiger charge is -2.03. The summed E-state index contributed by atoms with van der Waals surface area (Å²) in [5, 5.41) is 17.4. The van der Waals surface area contributed by atoms with Crippen LogP contribution in [0, 0.1) is 6.92 Å². The van der Waals surface area contributed by atoms with E-state index in [1.54, 1.807) is 14.0 Å². The summed E-state index contributed by atoms with van der Waals surface area (Å²) < 4.78 is 11.9. The number of carboxylic acid groups (broad SMARTS) is 1. The van der Waals surface area contributed by atoms with Gasteiger partial charge in [0.25, 0.3) is 0 Å². The van der Waals surface area contributed by atoms with Crippen LogP contribution in [0.5, 0.6) is 5.88 Å². The van der Waals surface area contributed by atoms with Crippen molar-refractivity contribution in [3.63, 3.8) is 0 Å². The molecule has 2 rings (SSSR count). The Balaban J connectivity index is 2.72.